The van der Waals surface area contributed by atoms with E-state index in [-0.39, 0.29) is 29.6 Å². The Hall–Kier alpha value is -2.80. The predicted octanol–water partition coefficient (Wildman–Crippen LogP) is 4.18. The lowest BCUT2D eigenvalue weighted by atomic mass is 9.81. The molecule has 0 aromatic heterocycles. The van der Waals surface area contributed by atoms with Gasteiger partial charge in [0.15, 0.2) is 0 Å². The lowest BCUT2D eigenvalue weighted by molar-refractivity contribution is -0.148. The first-order valence-electron chi connectivity index (χ1n) is 12.0. The fourth-order valence-corrected chi connectivity index (χ4v) is 5.31. The number of fused-ring (bicyclic) bond motifs is 1. The number of carbonyl (C=O) groups is 3. The van der Waals surface area contributed by atoms with Gasteiger partial charge in [-0.2, -0.15) is 11.8 Å². The summed E-state index contributed by atoms with van der Waals surface area (Å²) in [7, 11) is 0. The van der Waals surface area contributed by atoms with E-state index < -0.39 is 6.04 Å². The maximum absolute atomic E-state index is 13.1. The van der Waals surface area contributed by atoms with E-state index in [1.165, 1.54) is 4.90 Å². The fourth-order valence-electron chi connectivity index (χ4n) is 4.85. The molecule has 0 radical (unpaired) electrons. The molecule has 0 bridgehead atoms. The minimum absolute atomic E-state index is 0.157. The van der Waals surface area contributed by atoms with Crippen molar-refractivity contribution in [1.29, 1.82) is 0 Å². The number of carbonyl (C=O) groups excluding carboxylic acids is 3. The van der Waals surface area contributed by atoms with Gasteiger partial charge in [0.25, 0.3) is 0 Å². The largest absolute Gasteiger partial charge is 0.489 e. The molecule has 7 heteroatoms. The van der Waals surface area contributed by atoms with E-state index in [9.17, 15) is 14.4 Å². The van der Waals surface area contributed by atoms with Crippen molar-refractivity contribution in [3.63, 3.8) is 0 Å². The number of hydrogen-bond donors (Lipinski definition) is 1. The van der Waals surface area contributed by atoms with Gasteiger partial charge in [0.1, 0.15) is 18.4 Å². The maximum Gasteiger partial charge on any atom is 0.243 e. The van der Waals surface area contributed by atoms with E-state index in [1.54, 1.807) is 11.8 Å². The minimum atomic E-state index is -0.744. The number of likely N-dealkylation sites (tertiary alicyclic amines) is 1. The van der Waals surface area contributed by atoms with Gasteiger partial charge in [-0.05, 0) is 54.5 Å². The Morgan fingerprint density at radius 1 is 1.00 bits per heavy atom. The summed E-state index contributed by atoms with van der Waals surface area (Å²) in [6, 6.07) is 16.8. The molecule has 2 aliphatic rings. The summed E-state index contributed by atoms with van der Waals surface area (Å²) in [4.78, 5) is 40.5. The number of hydrogen-bond acceptors (Lipinski definition) is 5. The van der Waals surface area contributed by atoms with Crippen LogP contribution in [-0.2, 0) is 27.5 Å². The first-order chi connectivity index (χ1) is 16.6. The average molecular weight is 481 g/mol. The Labute approximate surface area is 205 Å². The smallest absolute Gasteiger partial charge is 0.243 e. The van der Waals surface area contributed by atoms with Gasteiger partial charge in [-0.3, -0.25) is 19.3 Å². The molecule has 3 unspecified atom stereocenters. The Bertz CT molecular complexity index is 971. The highest BCUT2D eigenvalue weighted by atomic mass is 32.2. The third-order valence-electron chi connectivity index (χ3n) is 6.72. The van der Waals surface area contributed by atoms with Crippen LogP contribution in [0, 0.1) is 11.8 Å². The second-order valence-electron chi connectivity index (χ2n) is 8.98. The van der Waals surface area contributed by atoms with Crippen molar-refractivity contribution in [1.82, 2.24) is 10.2 Å². The molecule has 1 N–H and O–H groups in total. The molecule has 1 aliphatic heterocycles. The van der Waals surface area contributed by atoms with Gasteiger partial charge in [0.05, 0.1) is 11.8 Å². The number of nitrogens with zero attached hydrogens (tertiary/aromatic N) is 1. The van der Waals surface area contributed by atoms with E-state index in [1.807, 2.05) is 60.9 Å². The predicted molar refractivity (Wildman–Crippen MR) is 133 cm³/mol. The Kier molecular flexibility index (Phi) is 8.27. The first kappa shape index (κ1) is 24.3. The summed E-state index contributed by atoms with van der Waals surface area (Å²) in [5, 5.41) is 2.95. The van der Waals surface area contributed by atoms with Crippen LogP contribution in [0.15, 0.2) is 54.6 Å². The molecule has 2 aromatic carbocycles. The van der Waals surface area contributed by atoms with Crippen molar-refractivity contribution in [3.8, 4) is 5.75 Å². The molecule has 4 rings (SSSR count). The lowest BCUT2D eigenvalue weighted by Crippen LogP contribution is -2.50. The zero-order valence-electron chi connectivity index (χ0n) is 19.6. The van der Waals surface area contributed by atoms with E-state index in [4.69, 9.17) is 4.74 Å². The number of amides is 3. The van der Waals surface area contributed by atoms with Crippen molar-refractivity contribution in [2.45, 2.75) is 51.3 Å². The second-order valence-corrected chi connectivity index (χ2v) is 9.96. The van der Waals surface area contributed by atoms with Gasteiger partial charge in [-0.15, -0.1) is 0 Å². The molecule has 2 aromatic rings. The maximum atomic E-state index is 13.1. The molecule has 1 heterocycles. The second kappa shape index (κ2) is 11.6. The van der Waals surface area contributed by atoms with Crippen LogP contribution in [0.25, 0.3) is 0 Å². The summed E-state index contributed by atoms with van der Waals surface area (Å²) >= 11 is 1.61. The topological polar surface area (TPSA) is 75.7 Å². The van der Waals surface area contributed by atoms with Crippen LogP contribution in [0.5, 0.6) is 5.75 Å². The summed E-state index contributed by atoms with van der Waals surface area (Å²) < 4.78 is 5.82. The van der Waals surface area contributed by atoms with Crippen LogP contribution in [0.4, 0.5) is 0 Å². The number of thioether (sulfide) groups is 1. The molecule has 3 atom stereocenters. The molecule has 180 valence electrons. The molecule has 1 saturated heterocycles. The number of benzene rings is 2. The molecule has 0 spiro atoms. The van der Waals surface area contributed by atoms with E-state index in [2.05, 4.69) is 5.32 Å². The van der Waals surface area contributed by atoms with Gasteiger partial charge >= 0.3 is 0 Å². The lowest BCUT2D eigenvalue weighted by Gasteiger charge is -2.26. The standard InChI is InChI=1S/C27H32N2O4S/c1-34-16-15-24(29-26(31)22-9-5-6-10-23(22)27(29)32)25(30)28-17-19-11-13-21(14-12-19)33-18-20-7-3-2-4-8-20/h2-4,7-8,11-14,22-24H,5-6,9-10,15-18H2,1H3,(H,28,30). The molecular formula is C27H32N2O4S. The van der Waals surface area contributed by atoms with Gasteiger partial charge in [-0.25, -0.2) is 0 Å². The Morgan fingerprint density at radius 3 is 2.26 bits per heavy atom. The van der Waals surface area contributed by atoms with Crippen molar-refractivity contribution in [2.75, 3.05) is 12.0 Å². The highest BCUT2D eigenvalue weighted by Gasteiger charge is 2.51. The van der Waals surface area contributed by atoms with E-state index >= 15 is 0 Å². The highest BCUT2D eigenvalue weighted by Crippen LogP contribution is 2.39. The molecule has 3 amide bonds. The normalized spacial score (nSPS) is 20.7. The van der Waals surface area contributed by atoms with Gasteiger partial charge in [0.2, 0.25) is 17.7 Å². The van der Waals surface area contributed by atoms with Gasteiger partial charge in [0, 0.05) is 6.54 Å². The molecule has 1 saturated carbocycles. The number of ether oxygens (including phenoxy) is 1. The summed E-state index contributed by atoms with van der Waals surface area (Å²) in [5.74, 6) is 0.402. The van der Waals surface area contributed by atoms with Crippen LogP contribution in [0.1, 0.15) is 43.2 Å². The number of rotatable bonds is 10. The van der Waals surface area contributed by atoms with Crippen LogP contribution >= 0.6 is 11.8 Å². The van der Waals surface area contributed by atoms with Crippen molar-refractivity contribution < 1.29 is 19.1 Å². The number of imide groups is 1. The zero-order chi connectivity index (χ0) is 23.9. The van der Waals surface area contributed by atoms with Crippen LogP contribution < -0.4 is 10.1 Å². The van der Waals surface area contributed by atoms with Crippen LogP contribution in [0.2, 0.25) is 0 Å². The molecular weight excluding hydrogens is 448 g/mol. The first-order valence-corrected chi connectivity index (χ1v) is 13.4. The van der Waals surface area contributed by atoms with E-state index in [0.29, 0.717) is 25.3 Å². The van der Waals surface area contributed by atoms with Gasteiger partial charge in [-0.1, -0.05) is 55.3 Å². The average Bonchev–Trinajstić information content (AvgIpc) is 3.13. The van der Waals surface area contributed by atoms with Crippen molar-refractivity contribution in [3.05, 3.63) is 65.7 Å². The molecule has 6 nitrogen and oxygen atoms in total. The molecule has 1 aliphatic carbocycles. The third kappa shape index (κ3) is 5.63. The van der Waals surface area contributed by atoms with Crippen molar-refractivity contribution >= 4 is 29.5 Å². The quantitative estimate of drug-likeness (QED) is 0.517. The Balaban J connectivity index is 1.35. The van der Waals surface area contributed by atoms with Crippen LogP contribution in [0.3, 0.4) is 0 Å². The summed E-state index contributed by atoms with van der Waals surface area (Å²) in [6.07, 6.45) is 5.88. The Morgan fingerprint density at radius 2 is 1.65 bits per heavy atom. The summed E-state index contributed by atoms with van der Waals surface area (Å²) in [5.41, 5.74) is 2.03. The minimum Gasteiger partial charge on any atom is -0.489 e. The van der Waals surface area contributed by atoms with E-state index in [0.717, 1.165) is 42.6 Å². The van der Waals surface area contributed by atoms with Crippen molar-refractivity contribution in [2.24, 2.45) is 11.8 Å². The molecule has 2 fully saturated rings. The highest BCUT2D eigenvalue weighted by molar-refractivity contribution is 7.98. The molecule has 34 heavy (non-hydrogen) atoms. The summed E-state index contributed by atoms with van der Waals surface area (Å²) in [6.45, 7) is 0.824. The SMILES string of the molecule is CSCCC(C(=O)NCc1ccc(OCc2ccccc2)cc1)N1C(=O)C2CCCCC2C1=O. The third-order valence-corrected chi connectivity index (χ3v) is 7.37. The number of nitrogens with one attached hydrogen (secondary N) is 1. The van der Waals surface area contributed by atoms with Crippen LogP contribution in [-0.4, -0.2) is 40.7 Å². The zero-order valence-corrected chi connectivity index (χ0v) is 20.4. The van der Waals surface area contributed by atoms with Gasteiger partial charge < -0.3 is 10.1 Å². The fraction of sp³-hybridized carbons (Fsp3) is 0.444. The monoisotopic (exact) mass is 480 g/mol.